The summed E-state index contributed by atoms with van der Waals surface area (Å²) in [5.41, 5.74) is 0.382. The summed E-state index contributed by atoms with van der Waals surface area (Å²) in [4.78, 5) is 3.95. The maximum Gasteiger partial charge on any atom is 0.234 e. The minimum atomic E-state index is -0.0399. The molecule has 86 valence electrons. The third kappa shape index (κ3) is 2.54. The Balaban J connectivity index is 2.67. The van der Waals surface area contributed by atoms with E-state index in [1.165, 1.54) is 12.8 Å². The standard InChI is InChI=1S/C14H25N/c1-11(2)14(15-6)9-7-12(8-10-14)13(3,4)5/h11-12H,7-10H2,1-5H3. The van der Waals surface area contributed by atoms with E-state index in [4.69, 9.17) is 6.57 Å². The van der Waals surface area contributed by atoms with Crippen LogP contribution in [0.4, 0.5) is 0 Å². The molecule has 0 N–H and O–H groups in total. The maximum atomic E-state index is 7.42. The Bertz CT molecular complexity index is 243. The Hall–Kier alpha value is -0.510. The Morgan fingerprint density at radius 2 is 1.67 bits per heavy atom. The second-order valence-electron chi connectivity index (χ2n) is 6.51. The molecule has 0 atom stereocenters. The van der Waals surface area contributed by atoms with Crippen LogP contribution < -0.4 is 0 Å². The van der Waals surface area contributed by atoms with Gasteiger partial charge in [0.1, 0.15) is 0 Å². The molecule has 1 aliphatic carbocycles. The second kappa shape index (κ2) is 4.16. The van der Waals surface area contributed by atoms with Gasteiger partial charge in [-0.25, -0.2) is 6.57 Å². The van der Waals surface area contributed by atoms with Gasteiger partial charge in [0.25, 0.3) is 0 Å². The van der Waals surface area contributed by atoms with E-state index in [-0.39, 0.29) is 5.54 Å². The lowest BCUT2D eigenvalue weighted by Gasteiger charge is -2.39. The fourth-order valence-corrected chi connectivity index (χ4v) is 2.80. The van der Waals surface area contributed by atoms with Crippen LogP contribution in [0.15, 0.2) is 0 Å². The van der Waals surface area contributed by atoms with Crippen LogP contribution in [0.5, 0.6) is 0 Å². The summed E-state index contributed by atoms with van der Waals surface area (Å²) in [5, 5.41) is 0. The van der Waals surface area contributed by atoms with Gasteiger partial charge in [0.05, 0.1) is 0 Å². The average molecular weight is 207 g/mol. The van der Waals surface area contributed by atoms with Crippen LogP contribution in [0.2, 0.25) is 0 Å². The Morgan fingerprint density at radius 3 is 1.93 bits per heavy atom. The number of rotatable bonds is 1. The highest BCUT2D eigenvalue weighted by atomic mass is 14.8. The van der Waals surface area contributed by atoms with Crippen molar-refractivity contribution in [3.05, 3.63) is 11.4 Å². The largest absolute Gasteiger partial charge is 0.310 e. The van der Waals surface area contributed by atoms with Crippen molar-refractivity contribution in [3.63, 3.8) is 0 Å². The van der Waals surface area contributed by atoms with Crippen molar-refractivity contribution in [1.29, 1.82) is 0 Å². The molecular weight excluding hydrogens is 182 g/mol. The first-order valence-corrected chi connectivity index (χ1v) is 6.20. The molecule has 0 bridgehead atoms. The zero-order chi connectivity index (χ0) is 11.7. The van der Waals surface area contributed by atoms with Crippen LogP contribution >= 0.6 is 0 Å². The molecule has 0 heterocycles. The summed E-state index contributed by atoms with van der Waals surface area (Å²) in [6, 6.07) is 0. The lowest BCUT2D eigenvalue weighted by atomic mass is 9.65. The lowest BCUT2D eigenvalue weighted by molar-refractivity contribution is 0.129. The van der Waals surface area contributed by atoms with Gasteiger partial charge in [-0.15, -0.1) is 0 Å². The van der Waals surface area contributed by atoms with Gasteiger partial charge in [-0.1, -0.05) is 34.6 Å². The molecule has 0 aromatic rings. The normalized spacial score (nSPS) is 32.7. The van der Waals surface area contributed by atoms with Gasteiger partial charge < -0.3 is 4.85 Å². The summed E-state index contributed by atoms with van der Waals surface area (Å²) < 4.78 is 0. The Labute approximate surface area is 95.1 Å². The van der Waals surface area contributed by atoms with E-state index in [1.807, 2.05) is 0 Å². The second-order valence-corrected chi connectivity index (χ2v) is 6.51. The van der Waals surface area contributed by atoms with Crippen LogP contribution in [0, 0.1) is 23.8 Å². The molecule has 1 fully saturated rings. The van der Waals surface area contributed by atoms with E-state index in [0.717, 1.165) is 18.8 Å². The molecule has 0 amide bonds. The number of nitrogens with zero attached hydrogens (tertiary/aromatic N) is 1. The third-order valence-corrected chi connectivity index (χ3v) is 4.37. The smallest absolute Gasteiger partial charge is 0.234 e. The van der Waals surface area contributed by atoms with Gasteiger partial charge >= 0.3 is 0 Å². The van der Waals surface area contributed by atoms with E-state index < -0.39 is 0 Å². The predicted molar refractivity (Wildman–Crippen MR) is 65.6 cm³/mol. The highest BCUT2D eigenvalue weighted by Gasteiger charge is 2.45. The summed E-state index contributed by atoms with van der Waals surface area (Å²) in [5.74, 6) is 1.32. The molecule has 15 heavy (non-hydrogen) atoms. The average Bonchev–Trinajstić information content (AvgIpc) is 2.16. The summed E-state index contributed by atoms with van der Waals surface area (Å²) in [6.07, 6.45) is 4.69. The van der Waals surface area contributed by atoms with Gasteiger partial charge in [0, 0.05) is 18.8 Å². The van der Waals surface area contributed by atoms with Gasteiger partial charge in [0.2, 0.25) is 5.54 Å². The van der Waals surface area contributed by atoms with Crippen molar-refractivity contribution in [1.82, 2.24) is 0 Å². The zero-order valence-corrected chi connectivity index (χ0v) is 10.9. The fourth-order valence-electron chi connectivity index (χ4n) is 2.80. The topological polar surface area (TPSA) is 4.36 Å². The van der Waals surface area contributed by atoms with E-state index in [0.29, 0.717) is 11.3 Å². The van der Waals surface area contributed by atoms with Crippen molar-refractivity contribution >= 4 is 0 Å². The number of hydrogen-bond acceptors (Lipinski definition) is 0. The van der Waals surface area contributed by atoms with Gasteiger partial charge in [-0.2, -0.15) is 0 Å². The maximum absolute atomic E-state index is 7.42. The molecule has 1 saturated carbocycles. The molecule has 0 unspecified atom stereocenters. The van der Waals surface area contributed by atoms with E-state index in [9.17, 15) is 0 Å². The summed E-state index contributed by atoms with van der Waals surface area (Å²) in [7, 11) is 0. The van der Waals surface area contributed by atoms with E-state index >= 15 is 0 Å². The van der Waals surface area contributed by atoms with Crippen LogP contribution in [0.1, 0.15) is 60.3 Å². The monoisotopic (exact) mass is 207 g/mol. The van der Waals surface area contributed by atoms with Crippen molar-refractivity contribution < 1.29 is 0 Å². The van der Waals surface area contributed by atoms with Crippen LogP contribution in [0.3, 0.4) is 0 Å². The zero-order valence-electron chi connectivity index (χ0n) is 10.9. The third-order valence-electron chi connectivity index (χ3n) is 4.37. The Morgan fingerprint density at radius 1 is 1.20 bits per heavy atom. The molecule has 1 heteroatoms. The van der Waals surface area contributed by atoms with Crippen molar-refractivity contribution in [2.75, 3.05) is 0 Å². The molecule has 1 rings (SSSR count). The van der Waals surface area contributed by atoms with Crippen LogP contribution in [-0.2, 0) is 0 Å². The molecule has 0 aromatic heterocycles. The minimum Gasteiger partial charge on any atom is -0.310 e. The first-order chi connectivity index (χ1) is 6.82. The molecule has 0 radical (unpaired) electrons. The van der Waals surface area contributed by atoms with Crippen molar-refractivity contribution in [2.45, 2.75) is 65.8 Å². The summed E-state index contributed by atoms with van der Waals surface area (Å²) in [6.45, 7) is 18.8. The molecular formula is C14H25N. The van der Waals surface area contributed by atoms with Crippen LogP contribution in [-0.4, -0.2) is 5.54 Å². The molecule has 0 spiro atoms. The molecule has 1 nitrogen and oxygen atoms in total. The highest BCUT2D eigenvalue weighted by Crippen LogP contribution is 2.45. The van der Waals surface area contributed by atoms with Gasteiger partial charge in [-0.05, 0) is 24.2 Å². The lowest BCUT2D eigenvalue weighted by Crippen LogP contribution is -2.38. The first kappa shape index (κ1) is 12.6. The van der Waals surface area contributed by atoms with Gasteiger partial charge in [0.15, 0.2) is 0 Å². The quantitative estimate of drug-likeness (QED) is 0.556. The van der Waals surface area contributed by atoms with Gasteiger partial charge in [-0.3, -0.25) is 0 Å². The van der Waals surface area contributed by atoms with Crippen molar-refractivity contribution in [3.8, 4) is 0 Å². The first-order valence-electron chi connectivity index (χ1n) is 6.20. The fraction of sp³-hybridized carbons (Fsp3) is 0.929. The summed E-state index contributed by atoms with van der Waals surface area (Å²) >= 11 is 0. The number of hydrogen-bond donors (Lipinski definition) is 0. The Kier molecular flexibility index (Phi) is 3.48. The minimum absolute atomic E-state index is 0.0399. The molecule has 1 aliphatic rings. The highest BCUT2D eigenvalue weighted by molar-refractivity contribution is 5.04. The van der Waals surface area contributed by atoms with E-state index in [1.54, 1.807) is 0 Å². The van der Waals surface area contributed by atoms with E-state index in [2.05, 4.69) is 39.5 Å². The van der Waals surface area contributed by atoms with Crippen molar-refractivity contribution in [2.24, 2.45) is 17.3 Å². The molecule has 0 aromatic carbocycles. The molecule has 0 aliphatic heterocycles. The SMILES string of the molecule is [C-]#[N+]C1(C(C)C)CCC(C(C)(C)C)CC1. The van der Waals surface area contributed by atoms with Crippen LogP contribution in [0.25, 0.3) is 4.85 Å². The predicted octanol–water partition coefficient (Wildman–Crippen LogP) is 4.54. The molecule has 0 saturated heterocycles.